The Kier molecular flexibility index (Phi) is 4.63. The number of aliphatic imine (C=N–C) groups is 1. The van der Waals surface area contributed by atoms with Gasteiger partial charge in [-0.2, -0.15) is 0 Å². The molecule has 1 aromatic heterocycles. The molecule has 0 amide bonds. The molecule has 30 heavy (non-hydrogen) atoms. The molecule has 7 nitrogen and oxygen atoms in total. The Labute approximate surface area is 181 Å². The van der Waals surface area contributed by atoms with E-state index in [1.54, 1.807) is 0 Å². The highest BCUT2D eigenvalue weighted by Gasteiger charge is 2.47. The number of nitrogens with one attached hydrogen (secondary N) is 2. The number of hydrogen-bond acceptors (Lipinski definition) is 7. The van der Waals surface area contributed by atoms with Gasteiger partial charge in [-0.3, -0.25) is 4.79 Å². The van der Waals surface area contributed by atoms with Crippen LogP contribution in [0.5, 0.6) is 0 Å². The van der Waals surface area contributed by atoms with E-state index in [1.165, 1.54) is 0 Å². The number of halogens is 1. The molecule has 0 radical (unpaired) electrons. The number of aromatic nitrogens is 1. The van der Waals surface area contributed by atoms with Gasteiger partial charge in [-0.15, -0.1) is 0 Å². The van der Waals surface area contributed by atoms with Gasteiger partial charge in [0.15, 0.2) is 0 Å². The Hall–Kier alpha value is -2.38. The minimum Gasteiger partial charge on any atom is -0.381 e. The maximum Gasteiger partial charge on any atom is 0.211 e. The number of anilines is 1. The number of carbonyl (C=O) groups is 1. The van der Waals surface area contributed by atoms with Crippen molar-refractivity contribution in [2.24, 2.45) is 10.4 Å². The second-order valence-corrected chi connectivity index (χ2v) is 9.10. The van der Waals surface area contributed by atoms with Gasteiger partial charge in [0, 0.05) is 41.4 Å². The first kappa shape index (κ1) is 19.6. The Morgan fingerprint density at radius 2 is 2.03 bits per heavy atom. The lowest BCUT2D eigenvalue weighted by Crippen LogP contribution is -2.36. The molecule has 158 valence electrons. The van der Waals surface area contributed by atoms with Crippen LogP contribution < -0.4 is 15.5 Å². The second-order valence-electron chi connectivity index (χ2n) is 8.71. The third kappa shape index (κ3) is 3.03. The average molecular weight is 428 g/mol. The summed E-state index contributed by atoms with van der Waals surface area (Å²) >= 11 is 6.33. The fraction of sp³-hybridized carbons (Fsp3) is 0.500. The maximum absolute atomic E-state index is 13.4. The van der Waals surface area contributed by atoms with Crippen molar-refractivity contribution in [3.05, 3.63) is 45.9 Å². The van der Waals surface area contributed by atoms with Crippen molar-refractivity contribution in [1.82, 2.24) is 15.6 Å². The summed E-state index contributed by atoms with van der Waals surface area (Å²) in [7, 11) is 0. The van der Waals surface area contributed by atoms with Crippen molar-refractivity contribution in [2.75, 3.05) is 31.2 Å². The van der Waals surface area contributed by atoms with E-state index in [4.69, 9.17) is 21.3 Å². The van der Waals surface area contributed by atoms with Gasteiger partial charge in [-0.25, -0.2) is 9.98 Å². The van der Waals surface area contributed by atoms with Crippen molar-refractivity contribution in [3.63, 3.8) is 0 Å². The number of fused-ring (bicyclic) bond motifs is 1. The number of Topliss-reactive ketones (excluding diaryl/α,β-unsaturated/α-hetero) is 1. The Morgan fingerprint density at radius 1 is 1.27 bits per heavy atom. The molecule has 4 heterocycles. The normalized spacial score (nSPS) is 27.2. The van der Waals surface area contributed by atoms with Crippen molar-refractivity contribution in [2.45, 2.75) is 39.4 Å². The molecule has 0 spiro atoms. The summed E-state index contributed by atoms with van der Waals surface area (Å²) in [6, 6.07) is 4.05. The lowest BCUT2D eigenvalue weighted by atomic mass is 9.75. The van der Waals surface area contributed by atoms with Crippen molar-refractivity contribution in [3.8, 4) is 0 Å². The molecule has 4 aliphatic rings. The molecule has 3 aliphatic heterocycles. The number of allylic oxidation sites excluding steroid dienone is 2. The molecule has 8 heteroatoms. The van der Waals surface area contributed by atoms with Gasteiger partial charge >= 0.3 is 0 Å². The molecular weight excluding hydrogens is 402 g/mol. The van der Waals surface area contributed by atoms with Gasteiger partial charge in [0.1, 0.15) is 22.8 Å². The molecule has 1 aliphatic carbocycles. The van der Waals surface area contributed by atoms with Gasteiger partial charge in [-0.1, -0.05) is 32.4 Å². The lowest BCUT2D eigenvalue weighted by molar-refractivity contribution is -0.110. The molecule has 0 saturated carbocycles. The molecule has 1 aromatic rings. The summed E-state index contributed by atoms with van der Waals surface area (Å²) in [4.78, 5) is 24.8. The van der Waals surface area contributed by atoms with Gasteiger partial charge in [0.25, 0.3) is 0 Å². The van der Waals surface area contributed by atoms with Crippen LogP contribution in [0.1, 0.15) is 38.9 Å². The summed E-state index contributed by atoms with van der Waals surface area (Å²) in [5.41, 5.74) is 3.69. The van der Waals surface area contributed by atoms with E-state index in [9.17, 15) is 4.79 Å². The highest BCUT2D eigenvalue weighted by molar-refractivity contribution is 6.53. The van der Waals surface area contributed by atoms with Gasteiger partial charge in [-0.05, 0) is 24.6 Å². The predicted octanol–water partition coefficient (Wildman–Crippen LogP) is 2.74. The van der Waals surface area contributed by atoms with Crippen LogP contribution in [-0.2, 0) is 9.53 Å². The van der Waals surface area contributed by atoms with E-state index in [0.717, 1.165) is 47.9 Å². The van der Waals surface area contributed by atoms with E-state index < -0.39 is 0 Å². The van der Waals surface area contributed by atoms with E-state index in [1.807, 2.05) is 18.2 Å². The first-order chi connectivity index (χ1) is 14.4. The maximum atomic E-state index is 13.4. The number of ether oxygens (including phenoxy) is 1. The molecule has 5 rings (SSSR count). The van der Waals surface area contributed by atoms with E-state index in [-0.39, 0.29) is 23.4 Å². The molecule has 1 fully saturated rings. The molecule has 1 saturated heterocycles. The summed E-state index contributed by atoms with van der Waals surface area (Å²) in [6.07, 6.45) is 2.62. The van der Waals surface area contributed by atoms with Crippen molar-refractivity contribution in [1.29, 1.82) is 0 Å². The summed E-state index contributed by atoms with van der Waals surface area (Å²) in [5.74, 6) is 0.826. The Bertz CT molecular complexity index is 1010. The van der Waals surface area contributed by atoms with E-state index >= 15 is 0 Å². The quantitative estimate of drug-likeness (QED) is 0.570. The van der Waals surface area contributed by atoms with Crippen LogP contribution in [0.15, 0.2) is 40.2 Å². The highest BCUT2D eigenvalue weighted by atomic mass is 35.5. The molecule has 2 atom stereocenters. The zero-order valence-corrected chi connectivity index (χ0v) is 18.2. The lowest BCUT2D eigenvalue weighted by Gasteiger charge is -2.28. The van der Waals surface area contributed by atoms with Gasteiger partial charge < -0.3 is 20.3 Å². The Morgan fingerprint density at radius 3 is 2.77 bits per heavy atom. The van der Waals surface area contributed by atoms with Crippen LogP contribution in [0, 0.1) is 5.41 Å². The third-order valence-corrected chi connectivity index (χ3v) is 6.71. The smallest absolute Gasteiger partial charge is 0.211 e. The fourth-order valence-corrected chi connectivity index (χ4v) is 5.09. The summed E-state index contributed by atoms with van der Waals surface area (Å²) < 4.78 is 5.43. The van der Waals surface area contributed by atoms with Crippen molar-refractivity contribution < 1.29 is 9.53 Å². The van der Waals surface area contributed by atoms with Gasteiger partial charge in [0.05, 0.1) is 18.9 Å². The minimum absolute atomic E-state index is 0.0134. The Balaban J connectivity index is 1.45. The SMILES string of the molecule is CCC1NC2=C(C(=O)C3=NC(c4cc(Cl)nc(N5CCOCC5)c4)NC3=C2)C1(C)C. The zero-order valence-electron chi connectivity index (χ0n) is 17.5. The van der Waals surface area contributed by atoms with Crippen LogP contribution in [0.3, 0.4) is 0 Å². The molecule has 2 N–H and O–H groups in total. The summed E-state index contributed by atoms with van der Waals surface area (Å²) in [6.45, 7) is 9.30. The number of hydrogen-bond donors (Lipinski definition) is 2. The summed E-state index contributed by atoms with van der Waals surface area (Å²) in [5, 5.41) is 7.35. The van der Waals surface area contributed by atoms with Crippen LogP contribution in [-0.4, -0.2) is 48.8 Å². The van der Waals surface area contributed by atoms with Crippen LogP contribution >= 0.6 is 11.6 Å². The topological polar surface area (TPSA) is 78.9 Å². The molecular formula is C22H26ClN5O2. The highest BCUT2D eigenvalue weighted by Crippen LogP contribution is 2.44. The number of ketones is 1. The zero-order chi connectivity index (χ0) is 21.0. The van der Waals surface area contributed by atoms with E-state index in [0.29, 0.717) is 24.1 Å². The standard InChI is InChI=1S/C22H26ClN5O2/c1-4-15-22(2,3)18-13(24-15)11-14-19(20(18)29)27-21(25-14)12-9-16(23)26-17(10-12)28-5-7-30-8-6-28/h9-11,15,21,24-25H,4-8H2,1-3H3. The van der Waals surface area contributed by atoms with Crippen LogP contribution in [0.2, 0.25) is 5.15 Å². The number of nitrogens with zero attached hydrogens (tertiary/aromatic N) is 3. The van der Waals surface area contributed by atoms with Crippen molar-refractivity contribution >= 4 is 28.9 Å². The molecule has 0 aromatic carbocycles. The number of rotatable bonds is 3. The van der Waals surface area contributed by atoms with E-state index in [2.05, 4.69) is 41.3 Å². The third-order valence-electron chi connectivity index (χ3n) is 6.51. The average Bonchev–Trinajstić information content (AvgIpc) is 3.27. The second kappa shape index (κ2) is 7.10. The fourth-order valence-electron chi connectivity index (χ4n) is 4.88. The molecule has 0 bridgehead atoms. The number of pyridine rings is 1. The first-order valence-corrected chi connectivity index (χ1v) is 10.9. The number of morpholine rings is 1. The monoisotopic (exact) mass is 427 g/mol. The van der Waals surface area contributed by atoms with Gasteiger partial charge in [0.2, 0.25) is 5.78 Å². The first-order valence-electron chi connectivity index (χ1n) is 10.5. The predicted molar refractivity (Wildman–Crippen MR) is 117 cm³/mol. The number of carbonyl (C=O) groups excluding carboxylic acids is 1. The largest absolute Gasteiger partial charge is 0.381 e. The van der Waals surface area contributed by atoms with Crippen LogP contribution in [0.25, 0.3) is 0 Å². The van der Waals surface area contributed by atoms with Crippen LogP contribution in [0.4, 0.5) is 5.82 Å². The minimum atomic E-state index is -0.361. The molecule has 2 unspecified atom stereocenters.